The highest BCUT2D eigenvalue weighted by atomic mass is 16.4. The summed E-state index contributed by atoms with van der Waals surface area (Å²) in [5, 5.41) is 12.1. The monoisotopic (exact) mass is 235 g/mol. The van der Waals surface area contributed by atoms with Gasteiger partial charge in [-0.3, -0.25) is 0 Å². The molecule has 0 spiro atoms. The average Bonchev–Trinajstić information content (AvgIpc) is 2.29. The van der Waals surface area contributed by atoms with Crippen LogP contribution in [-0.4, -0.2) is 17.1 Å². The molecular weight excluding hydrogens is 214 g/mol. The first-order valence-corrected chi connectivity index (χ1v) is 6.14. The molecule has 0 aliphatic rings. The van der Waals surface area contributed by atoms with E-state index in [4.69, 9.17) is 5.11 Å². The Balaban J connectivity index is 2.70. The minimum absolute atomic E-state index is 0.495. The maximum atomic E-state index is 11.0. The highest BCUT2D eigenvalue weighted by Gasteiger charge is 2.15. The second-order valence-electron chi connectivity index (χ2n) is 4.60. The lowest BCUT2D eigenvalue weighted by Crippen LogP contribution is -2.28. The fourth-order valence-electron chi connectivity index (χ4n) is 1.71. The minimum atomic E-state index is -0.792. The first-order valence-electron chi connectivity index (χ1n) is 6.14. The molecule has 1 aromatic carbocycles. The molecule has 1 atom stereocenters. The van der Waals surface area contributed by atoms with E-state index in [2.05, 4.69) is 19.2 Å². The number of hydrogen-bond donors (Lipinski definition) is 2. The summed E-state index contributed by atoms with van der Waals surface area (Å²) in [6.07, 6.45) is 1.50. The Morgan fingerprint density at radius 3 is 2.29 bits per heavy atom. The Labute approximate surface area is 103 Å². The quantitative estimate of drug-likeness (QED) is 0.793. The van der Waals surface area contributed by atoms with E-state index in [-0.39, 0.29) is 0 Å². The smallest absolute Gasteiger partial charge is 0.326 e. The van der Waals surface area contributed by atoms with Crippen LogP contribution in [0.1, 0.15) is 45.1 Å². The van der Waals surface area contributed by atoms with Gasteiger partial charge in [-0.25, -0.2) is 4.79 Å². The van der Waals surface area contributed by atoms with Gasteiger partial charge in [0.2, 0.25) is 0 Å². The van der Waals surface area contributed by atoms with Crippen molar-refractivity contribution >= 4 is 11.7 Å². The Hall–Kier alpha value is -1.51. The van der Waals surface area contributed by atoms with Crippen molar-refractivity contribution in [1.82, 2.24) is 0 Å². The molecule has 0 saturated heterocycles. The van der Waals surface area contributed by atoms with Crippen molar-refractivity contribution in [2.24, 2.45) is 0 Å². The van der Waals surface area contributed by atoms with Gasteiger partial charge in [-0.05, 0) is 30.0 Å². The van der Waals surface area contributed by atoms with Gasteiger partial charge in [0, 0.05) is 5.69 Å². The van der Waals surface area contributed by atoms with Crippen molar-refractivity contribution in [3.8, 4) is 0 Å². The van der Waals surface area contributed by atoms with Crippen LogP contribution in [0, 0.1) is 0 Å². The van der Waals surface area contributed by atoms with Gasteiger partial charge in [0.15, 0.2) is 0 Å². The molecule has 1 rings (SSSR count). The SMILES string of the molecule is CCC[C@@H](Nc1ccc(C(C)C)cc1)C(=O)O. The number of carboxylic acid groups (broad SMARTS) is 1. The Bertz CT molecular complexity index is 357. The van der Waals surface area contributed by atoms with E-state index in [1.807, 2.05) is 31.2 Å². The van der Waals surface area contributed by atoms with Crippen molar-refractivity contribution in [2.45, 2.75) is 45.6 Å². The molecule has 0 fully saturated rings. The van der Waals surface area contributed by atoms with E-state index in [1.54, 1.807) is 0 Å². The molecule has 94 valence electrons. The normalized spacial score (nSPS) is 12.5. The molecule has 17 heavy (non-hydrogen) atoms. The van der Waals surface area contributed by atoms with Crippen LogP contribution in [0.3, 0.4) is 0 Å². The molecule has 0 amide bonds. The zero-order valence-electron chi connectivity index (χ0n) is 10.7. The number of hydrogen-bond acceptors (Lipinski definition) is 2. The first kappa shape index (κ1) is 13.6. The predicted octanol–water partition coefficient (Wildman–Crippen LogP) is 3.48. The summed E-state index contributed by atoms with van der Waals surface area (Å²) in [4.78, 5) is 11.0. The van der Waals surface area contributed by atoms with Gasteiger partial charge >= 0.3 is 5.97 Å². The summed E-state index contributed by atoms with van der Waals surface area (Å²) in [6, 6.07) is 7.47. The van der Waals surface area contributed by atoms with E-state index < -0.39 is 12.0 Å². The second kappa shape index (κ2) is 6.28. The third-order valence-electron chi connectivity index (χ3n) is 2.79. The maximum Gasteiger partial charge on any atom is 0.326 e. The highest BCUT2D eigenvalue weighted by Crippen LogP contribution is 2.18. The number of nitrogens with one attached hydrogen (secondary N) is 1. The molecule has 0 aliphatic carbocycles. The lowest BCUT2D eigenvalue weighted by molar-refractivity contribution is -0.138. The van der Waals surface area contributed by atoms with Crippen molar-refractivity contribution in [3.05, 3.63) is 29.8 Å². The fourth-order valence-corrected chi connectivity index (χ4v) is 1.71. The molecule has 0 unspecified atom stereocenters. The van der Waals surface area contributed by atoms with Crippen LogP contribution in [0.4, 0.5) is 5.69 Å². The van der Waals surface area contributed by atoms with Crippen LogP contribution in [-0.2, 0) is 4.79 Å². The fraction of sp³-hybridized carbons (Fsp3) is 0.500. The number of benzene rings is 1. The summed E-state index contributed by atoms with van der Waals surface area (Å²) in [5.41, 5.74) is 2.13. The topological polar surface area (TPSA) is 49.3 Å². The van der Waals surface area contributed by atoms with Crippen LogP contribution in [0.15, 0.2) is 24.3 Å². The molecule has 0 aliphatic heterocycles. The third kappa shape index (κ3) is 4.10. The maximum absolute atomic E-state index is 11.0. The van der Waals surface area contributed by atoms with Gasteiger partial charge in [0.05, 0.1) is 0 Å². The molecule has 0 aromatic heterocycles. The van der Waals surface area contributed by atoms with E-state index in [9.17, 15) is 4.79 Å². The molecule has 3 nitrogen and oxygen atoms in total. The van der Waals surface area contributed by atoms with Crippen LogP contribution in [0.2, 0.25) is 0 Å². The van der Waals surface area contributed by atoms with Crippen LogP contribution in [0.5, 0.6) is 0 Å². The lowest BCUT2D eigenvalue weighted by atomic mass is 10.0. The van der Waals surface area contributed by atoms with Crippen LogP contribution in [0.25, 0.3) is 0 Å². The predicted molar refractivity (Wildman–Crippen MR) is 70.5 cm³/mol. The summed E-state index contributed by atoms with van der Waals surface area (Å²) >= 11 is 0. The van der Waals surface area contributed by atoms with Crippen molar-refractivity contribution in [1.29, 1.82) is 0 Å². The number of aliphatic carboxylic acids is 1. The zero-order valence-corrected chi connectivity index (χ0v) is 10.7. The van der Waals surface area contributed by atoms with E-state index in [1.165, 1.54) is 5.56 Å². The largest absolute Gasteiger partial charge is 0.480 e. The Kier molecular flexibility index (Phi) is 5.01. The molecule has 2 N–H and O–H groups in total. The molecule has 3 heteroatoms. The van der Waals surface area contributed by atoms with Crippen LogP contribution >= 0.6 is 0 Å². The Morgan fingerprint density at radius 2 is 1.88 bits per heavy atom. The molecular formula is C14H21NO2. The molecule has 0 heterocycles. The first-order chi connectivity index (χ1) is 8.04. The molecule has 1 aromatic rings. The third-order valence-corrected chi connectivity index (χ3v) is 2.79. The molecule has 0 saturated carbocycles. The van der Waals surface area contributed by atoms with Gasteiger partial charge in [-0.2, -0.15) is 0 Å². The zero-order chi connectivity index (χ0) is 12.8. The standard InChI is InChI=1S/C14H21NO2/c1-4-5-13(14(16)17)15-12-8-6-11(7-9-12)10(2)3/h6-10,13,15H,4-5H2,1-3H3,(H,16,17)/t13-/m1/s1. The second-order valence-corrected chi connectivity index (χ2v) is 4.60. The van der Waals surface area contributed by atoms with Gasteiger partial charge in [-0.15, -0.1) is 0 Å². The summed E-state index contributed by atoms with van der Waals surface area (Å²) in [6.45, 7) is 6.26. The highest BCUT2D eigenvalue weighted by molar-refractivity contribution is 5.77. The summed E-state index contributed by atoms with van der Waals surface area (Å²) in [7, 11) is 0. The van der Waals surface area contributed by atoms with E-state index in [0.29, 0.717) is 12.3 Å². The number of rotatable bonds is 6. The van der Waals surface area contributed by atoms with Crippen LogP contribution < -0.4 is 5.32 Å². The van der Waals surface area contributed by atoms with Gasteiger partial charge in [0.25, 0.3) is 0 Å². The molecule has 0 radical (unpaired) electrons. The molecule has 0 bridgehead atoms. The minimum Gasteiger partial charge on any atom is -0.480 e. The summed E-state index contributed by atoms with van der Waals surface area (Å²) < 4.78 is 0. The number of carboxylic acids is 1. The van der Waals surface area contributed by atoms with Gasteiger partial charge in [-0.1, -0.05) is 39.3 Å². The lowest BCUT2D eigenvalue weighted by Gasteiger charge is -2.15. The summed E-state index contributed by atoms with van der Waals surface area (Å²) in [5.74, 6) is -0.297. The van der Waals surface area contributed by atoms with Crippen molar-refractivity contribution in [2.75, 3.05) is 5.32 Å². The Morgan fingerprint density at radius 1 is 1.29 bits per heavy atom. The van der Waals surface area contributed by atoms with E-state index >= 15 is 0 Å². The van der Waals surface area contributed by atoms with E-state index in [0.717, 1.165) is 12.1 Å². The van der Waals surface area contributed by atoms with Gasteiger partial charge in [0.1, 0.15) is 6.04 Å². The number of carbonyl (C=O) groups is 1. The van der Waals surface area contributed by atoms with Crippen molar-refractivity contribution in [3.63, 3.8) is 0 Å². The van der Waals surface area contributed by atoms with Crippen molar-refractivity contribution < 1.29 is 9.90 Å². The average molecular weight is 235 g/mol. The number of anilines is 1. The van der Waals surface area contributed by atoms with Gasteiger partial charge < -0.3 is 10.4 Å².